The molecule has 0 bridgehead atoms. The molecule has 1 heterocycles. The molecule has 0 aliphatic heterocycles. The van der Waals surface area contributed by atoms with Crippen LogP contribution in [0.4, 0.5) is 8.78 Å². The first-order valence-corrected chi connectivity index (χ1v) is 8.27. The Labute approximate surface area is 144 Å². The summed E-state index contributed by atoms with van der Waals surface area (Å²) in [5.74, 6) is -0.643. The van der Waals surface area contributed by atoms with Gasteiger partial charge in [0.2, 0.25) is 5.82 Å². The van der Waals surface area contributed by atoms with Crippen LogP contribution in [-0.4, -0.2) is 10.1 Å². The molecule has 4 nitrogen and oxygen atoms in total. The second kappa shape index (κ2) is 7.53. The third-order valence-electron chi connectivity index (χ3n) is 4.20. The van der Waals surface area contributed by atoms with E-state index in [0.717, 1.165) is 18.1 Å². The summed E-state index contributed by atoms with van der Waals surface area (Å²) in [5.41, 5.74) is 2.86. The van der Waals surface area contributed by atoms with Crippen molar-refractivity contribution in [2.75, 3.05) is 0 Å². The Morgan fingerprint density at radius 1 is 1.08 bits per heavy atom. The van der Waals surface area contributed by atoms with Crippen molar-refractivity contribution in [2.45, 2.75) is 32.9 Å². The van der Waals surface area contributed by atoms with Gasteiger partial charge in [-0.05, 0) is 37.1 Å². The number of nitrogens with zero attached hydrogens (tertiary/aromatic N) is 2. The summed E-state index contributed by atoms with van der Waals surface area (Å²) >= 11 is 0. The number of benzene rings is 2. The zero-order valence-electron chi connectivity index (χ0n) is 14.2. The van der Waals surface area contributed by atoms with Crippen molar-refractivity contribution in [1.82, 2.24) is 10.1 Å². The van der Waals surface area contributed by atoms with Crippen molar-refractivity contribution >= 4 is 0 Å². The van der Waals surface area contributed by atoms with Crippen molar-refractivity contribution in [1.29, 1.82) is 0 Å². The fourth-order valence-corrected chi connectivity index (χ4v) is 2.55. The highest BCUT2D eigenvalue weighted by Gasteiger charge is 2.15. The molecule has 0 aliphatic rings. The molecule has 0 amide bonds. The van der Waals surface area contributed by atoms with E-state index in [0.29, 0.717) is 23.8 Å². The SMILES string of the molecule is CCc1ccc(-c2noc(C[NH2+][C@@H](C)c3ccc(F)c(F)c3)n2)cc1. The van der Waals surface area contributed by atoms with Crippen molar-refractivity contribution in [2.24, 2.45) is 0 Å². The Morgan fingerprint density at radius 3 is 2.52 bits per heavy atom. The topological polar surface area (TPSA) is 55.5 Å². The summed E-state index contributed by atoms with van der Waals surface area (Å²) in [4.78, 5) is 4.39. The van der Waals surface area contributed by atoms with Crippen LogP contribution in [0.15, 0.2) is 47.0 Å². The first-order chi connectivity index (χ1) is 12.1. The first kappa shape index (κ1) is 17.2. The molecule has 0 unspecified atom stereocenters. The lowest BCUT2D eigenvalue weighted by molar-refractivity contribution is -0.710. The fourth-order valence-electron chi connectivity index (χ4n) is 2.55. The number of hydrogen-bond donors (Lipinski definition) is 1. The van der Waals surface area contributed by atoms with E-state index in [4.69, 9.17) is 4.52 Å². The standard InChI is InChI=1S/C19H19F2N3O/c1-3-13-4-6-14(7-5-13)19-23-18(25-24-19)11-22-12(2)15-8-9-16(20)17(21)10-15/h4-10,12,22H,3,11H2,1-2H3/p+1/t12-/m0/s1. The Hall–Kier alpha value is -2.60. The van der Waals surface area contributed by atoms with Crippen LogP contribution in [0.2, 0.25) is 0 Å². The minimum atomic E-state index is -0.841. The number of quaternary nitrogens is 1. The van der Waals surface area contributed by atoms with Crippen LogP contribution in [0, 0.1) is 11.6 Å². The number of hydrogen-bond acceptors (Lipinski definition) is 3. The third-order valence-corrected chi connectivity index (χ3v) is 4.20. The lowest BCUT2D eigenvalue weighted by atomic mass is 10.1. The summed E-state index contributed by atoms with van der Waals surface area (Å²) in [6.07, 6.45) is 0.981. The second-order valence-corrected chi connectivity index (χ2v) is 5.96. The van der Waals surface area contributed by atoms with Gasteiger partial charge in [-0.25, -0.2) is 8.78 Å². The lowest BCUT2D eigenvalue weighted by Crippen LogP contribution is -2.83. The van der Waals surface area contributed by atoms with Crippen LogP contribution in [-0.2, 0) is 13.0 Å². The van der Waals surface area contributed by atoms with Gasteiger partial charge in [-0.2, -0.15) is 4.98 Å². The summed E-state index contributed by atoms with van der Waals surface area (Å²) in [6, 6.07) is 11.9. The smallest absolute Gasteiger partial charge is 0.282 e. The molecule has 0 aliphatic carbocycles. The van der Waals surface area contributed by atoms with Crippen LogP contribution < -0.4 is 5.32 Å². The van der Waals surface area contributed by atoms with Crippen molar-refractivity contribution < 1.29 is 18.6 Å². The maximum atomic E-state index is 13.3. The molecule has 0 fully saturated rings. The van der Waals surface area contributed by atoms with Crippen LogP contribution >= 0.6 is 0 Å². The van der Waals surface area contributed by atoms with Gasteiger partial charge in [0.05, 0.1) is 0 Å². The molecule has 2 aromatic carbocycles. The lowest BCUT2D eigenvalue weighted by Gasteiger charge is -2.09. The first-order valence-electron chi connectivity index (χ1n) is 8.27. The number of rotatable bonds is 6. The second-order valence-electron chi connectivity index (χ2n) is 5.96. The Morgan fingerprint density at radius 2 is 1.84 bits per heavy atom. The molecule has 1 atom stereocenters. The highest BCUT2D eigenvalue weighted by Crippen LogP contribution is 2.17. The highest BCUT2D eigenvalue weighted by atomic mass is 19.2. The molecule has 3 rings (SSSR count). The van der Waals surface area contributed by atoms with E-state index in [9.17, 15) is 8.78 Å². The van der Waals surface area contributed by atoms with Crippen molar-refractivity contribution in [3.8, 4) is 11.4 Å². The minimum absolute atomic E-state index is 0.0608. The predicted octanol–water partition coefficient (Wildman–Crippen LogP) is 3.40. The van der Waals surface area contributed by atoms with E-state index in [2.05, 4.69) is 17.1 Å². The summed E-state index contributed by atoms with van der Waals surface area (Å²) in [7, 11) is 0. The van der Waals surface area contributed by atoms with E-state index in [-0.39, 0.29) is 6.04 Å². The number of aromatic nitrogens is 2. The molecule has 25 heavy (non-hydrogen) atoms. The molecule has 2 N–H and O–H groups in total. The third kappa shape index (κ3) is 4.09. The van der Waals surface area contributed by atoms with Crippen molar-refractivity contribution in [3.05, 3.63) is 71.1 Å². The molecular weight excluding hydrogens is 324 g/mol. The maximum absolute atomic E-state index is 13.3. The maximum Gasteiger partial charge on any atom is 0.282 e. The molecular formula is C19H20F2N3O+. The van der Waals surface area contributed by atoms with Gasteiger partial charge in [0.25, 0.3) is 5.89 Å². The van der Waals surface area contributed by atoms with Gasteiger partial charge in [0.1, 0.15) is 6.04 Å². The zero-order chi connectivity index (χ0) is 17.8. The Bertz CT molecular complexity index is 846. The molecule has 6 heteroatoms. The van der Waals surface area contributed by atoms with Gasteiger partial charge in [-0.15, -0.1) is 0 Å². The van der Waals surface area contributed by atoms with Gasteiger partial charge >= 0.3 is 0 Å². The van der Waals surface area contributed by atoms with Gasteiger partial charge in [-0.1, -0.05) is 36.3 Å². The van der Waals surface area contributed by atoms with Crippen LogP contribution in [0.5, 0.6) is 0 Å². The summed E-state index contributed by atoms with van der Waals surface area (Å²) in [6.45, 7) is 4.47. The van der Waals surface area contributed by atoms with Gasteiger partial charge in [0.15, 0.2) is 18.2 Å². The molecule has 0 radical (unpaired) electrons. The van der Waals surface area contributed by atoms with E-state index in [1.54, 1.807) is 6.07 Å². The minimum Gasteiger partial charge on any atom is -0.333 e. The molecule has 0 saturated carbocycles. The molecule has 0 spiro atoms. The Balaban J connectivity index is 1.63. The number of halogens is 2. The van der Waals surface area contributed by atoms with Crippen LogP contribution in [0.1, 0.15) is 36.9 Å². The van der Waals surface area contributed by atoms with Crippen molar-refractivity contribution in [3.63, 3.8) is 0 Å². The van der Waals surface area contributed by atoms with E-state index in [1.807, 2.05) is 36.5 Å². The predicted molar refractivity (Wildman–Crippen MR) is 89.5 cm³/mol. The fraction of sp³-hybridized carbons (Fsp3) is 0.263. The quantitative estimate of drug-likeness (QED) is 0.746. The summed E-state index contributed by atoms with van der Waals surface area (Å²) in [5, 5.41) is 5.94. The Kier molecular flexibility index (Phi) is 5.19. The number of aryl methyl sites for hydroxylation is 1. The van der Waals surface area contributed by atoms with Crippen LogP contribution in [0.25, 0.3) is 11.4 Å². The average molecular weight is 344 g/mol. The molecule has 0 saturated heterocycles. The molecule has 1 aromatic heterocycles. The summed E-state index contributed by atoms with van der Waals surface area (Å²) < 4.78 is 31.6. The van der Waals surface area contributed by atoms with Gasteiger partial charge in [-0.3, -0.25) is 0 Å². The van der Waals surface area contributed by atoms with E-state index >= 15 is 0 Å². The van der Waals surface area contributed by atoms with E-state index in [1.165, 1.54) is 11.6 Å². The highest BCUT2D eigenvalue weighted by molar-refractivity contribution is 5.54. The van der Waals surface area contributed by atoms with Gasteiger partial charge in [0, 0.05) is 11.1 Å². The van der Waals surface area contributed by atoms with Gasteiger partial charge < -0.3 is 9.84 Å². The normalized spacial score (nSPS) is 12.3. The largest absolute Gasteiger partial charge is 0.333 e. The number of nitrogens with two attached hydrogens (primary N) is 1. The van der Waals surface area contributed by atoms with Crippen LogP contribution in [0.3, 0.4) is 0 Å². The monoisotopic (exact) mass is 344 g/mol. The average Bonchev–Trinajstić information content (AvgIpc) is 3.11. The molecule has 3 aromatic rings. The van der Waals surface area contributed by atoms with E-state index < -0.39 is 11.6 Å². The molecule has 130 valence electrons. The zero-order valence-corrected chi connectivity index (χ0v) is 14.2.